The monoisotopic (exact) mass is 482 g/mol. The molecule has 0 fully saturated rings. The maximum absolute atomic E-state index is 13.4. The molecule has 0 spiro atoms. The van der Waals surface area contributed by atoms with Crippen molar-refractivity contribution in [3.63, 3.8) is 0 Å². The Balaban J connectivity index is 1.60. The number of anilines is 1. The second-order valence-electron chi connectivity index (χ2n) is 7.91. The van der Waals surface area contributed by atoms with E-state index < -0.39 is 10.0 Å². The van der Waals surface area contributed by atoms with Gasteiger partial charge in [-0.2, -0.15) is 11.8 Å². The lowest BCUT2D eigenvalue weighted by atomic mass is 10.2. The molecule has 0 heterocycles. The van der Waals surface area contributed by atoms with Gasteiger partial charge in [-0.1, -0.05) is 60.2 Å². The predicted octanol–water partition coefficient (Wildman–Crippen LogP) is 4.94. The van der Waals surface area contributed by atoms with Crippen LogP contribution in [0.5, 0.6) is 0 Å². The van der Waals surface area contributed by atoms with Crippen molar-refractivity contribution in [3.05, 3.63) is 95.6 Å². The zero-order chi connectivity index (χ0) is 23.7. The second-order valence-corrected chi connectivity index (χ2v) is 10.9. The van der Waals surface area contributed by atoms with E-state index in [4.69, 9.17) is 0 Å². The normalized spacial score (nSPS) is 11.2. The van der Waals surface area contributed by atoms with Crippen molar-refractivity contribution in [2.24, 2.45) is 0 Å². The number of carbonyl (C=O) groups is 1. The third-order valence-corrected chi connectivity index (χ3v) is 7.99. The van der Waals surface area contributed by atoms with Gasteiger partial charge in [-0.05, 0) is 61.4 Å². The Morgan fingerprint density at radius 3 is 2.33 bits per heavy atom. The molecule has 0 unspecified atom stereocenters. The van der Waals surface area contributed by atoms with E-state index in [0.29, 0.717) is 12.2 Å². The molecule has 1 amide bonds. The zero-order valence-corrected chi connectivity index (χ0v) is 20.7. The van der Waals surface area contributed by atoms with Crippen LogP contribution in [0.25, 0.3) is 0 Å². The Morgan fingerprint density at radius 1 is 0.909 bits per heavy atom. The van der Waals surface area contributed by atoms with Gasteiger partial charge in [-0.3, -0.25) is 9.10 Å². The molecule has 0 saturated carbocycles. The van der Waals surface area contributed by atoms with Crippen LogP contribution >= 0.6 is 11.8 Å². The number of nitrogens with one attached hydrogen (secondary N) is 1. The van der Waals surface area contributed by atoms with E-state index in [0.717, 1.165) is 29.1 Å². The molecule has 3 aromatic carbocycles. The smallest absolute Gasteiger partial charge is 0.264 e. The first-order valence-electron chi connectivity index (χ1n) is 10.9. The molecule has 3 aromatic rings. The fourth-order valence-corrected chi connectivity index (χ4v) is 5.62. The standard InChI is InChI=1S/C26H30N2O3S2/c1-21-12-14-25(15-13-21)33(30,31)28(24-11-6-8-22(2)18-24)19-26(29)27-16-7-17-32-20-23-9-4-3-5-10-23/h3-6,8-15,18H,7,16-17,19-20H2,1-2H3,(H,27,29). The molecular formula is C26H30N2O3S2. The minimum Gasteiger partial charge on any atom is -0.354 e. The highest BCUT2D eigenvalue weighted by Gasteiger charge is 2.27. The Morgan fingerprint density at radius 2 is 1.64 bits per heavy atom. The molecule has 0 aromatic heterocycles. The van der Waals surface area contributed by atoms with Crippen molar-refractivity contribution in [2.75, 3.05) is 23.1 Å². The van der Waals surface area contributed by atoms with E-state index >= 15 is 0 Å². The highest BCUT2D eigenvalue weighted by Crippen LogP contribution is 2.24. The number of thioether (sulfide) groups is 1. The highest BCUT2D eigenvalue weighted by atomic mass is 32.2. The molecule has 1 N–H and O–H groups in total. The van der Waals surface area contributed by atoms with Crippen LogP contribution in [0.15, 0.2) is 83.8 Å². The Bertz CT molecular complexity index is 1150. The third-order valence-electron chi connectivity index (χ3n) is 5.09. The van der Waals surface area contributed by atoms with Crippen molar-refractivity contribution in [1.29, 1.82) is 0 Å². The summed E-state index contributed by atoms with van der Waals surface area (Å²) >= 11 is 1.82. The molecule has 5 nitrogen and oxygen atoms in total. The van der Waals surface area contributed by atoms with Crippen LogP contribution in [0.3, 0.4) is 0 Å². The van der Waals surface area contributed by atoms with Gasteiger partial charge in [0.2, 0.25) is 5.91 Å². The third kappa shape index (κ3) is 7.37. The van der Waals surface area contributed by atoms with Crippen LogP contribution in [-0.4, -0.2) is 33.2 Å². The van der Waals surface area contributed by atoms with Crippen molar-refractivity contribution < 1.29 is 13.2 Å². The minimum atomic E-state index is -3.88. The average molecular weight is 483 g/mol. The Hall–Kier alpha value is -2.77. The summed E-state index contributed by atoms with van der Waals surface area (Å²) in [6, 6.07) is 24.1. The first kappa shape index (κ1) is 24.9. The average Bonchev–Trinajstić information content (AvgIpc) is 2.80. The summed E-state index contributed by atoms with van der Waals surface area (Å²) in [6.45, 7) is 4.04. The van der Waals surface area contributed by atoms with Crippen LogP contribution < -0.4 is 9.62 Å². The van der Waals surface area contributed by atoms with E-state index in [2.05, 4.69) is 17.4 Å². The summed E-state index contributed by atoms with van der Waals surface area (Å²) in [7, 11) is -3.88. The van der Waals surface area contributed by atoms with Gasteiger partial charge in [0, 0.05) is 12.3 Å². The summed E-state index contributed by atoms with van der Waals surface area (Å²) in [5.74, 6) is 1.53. The highest BCUT2D eigenvalue weighted by molar-refractivity contribution is 7.98. The van der Waals surface area contributed by atoms with E-state index in [1.807, 2.05) is 49.9 Å². The van der Waals surface area contributed by atoms with Crippen molar-refractivity contribution >= 4 is 33.4 Å². The molecule has 174 valence electrons. The number of rotatable bonds is 11. The maximum atomic E-state index is 13.4. The predicted molar refractivity (Wildman–Crippen MR) is 137 cm³/mol. The fraction of sp³-hybridized carbons (Fsp3) is 0.269. The molecule has 0 atom stereocenters. The largest absolute Gasteiger partial charge is 0.354 e. The molecule has 0 aliphatic rings. The van der Waals surface area contributed by atoms with Crippen LogP contribution in [0.2, 0.25) is 0 Å². The summed E-state index contributed by atoms with van der Waals surface area (Å²) in [6.07, 6.45) is 0.818. The quantitative estimate of drug-likeness (QED) is 0.393. The molecule has 33 heavy (non-hydrogen) atoms. The van der Waals surface area contributed by atoms with E-state index in [-0.39, 0.29) is 17.3 Å². The lowest BCUT2D eigenvalue weighted by Crippen LogP contribution is -2.41. The number of hydrogen-bond donors (Lipinski definition) is 1. The number of benzene rings is 3. The SMILES string of the molecule is Cc1ccc(S(=O)(=O)N(CC(=O)NCCCSCc2ccccc2)c2cccc(C)c2)cc1. The lowest BCUT2D eigenvalue weighted by molar-refractivity contribution is -0.119. The number of nitrogens with zero attached hydrogens (tertiary/aromatic N) is 1. The number of hydrogen-bond acceptors (Lipinski definition) is 4. The summed E-state index contributed by atoms with van der Waals surface area (Å²) < 4.78 is 28.0. The van der Waals surface area contributed by atoms with Gasteiger partial charge < -0.3 is 5.32 Å². The summed E-state index contributed by atoms with van der Waals surface area (Å²) in [5, 5.41) is 2.87. The fourth-order valence-electron chi connectivity index (χ4n) is 3.29. The van der Waals surface area contributed by atoms with Crippen LogP contribution in [0.1, 0.15) is 23.1 Å². The first-order valence-corrected chi connectivity index (χ1v) is 13.5. The molecule has 0 aliphatic carbocycles. The molecule has 0 radical (unpaired) electrons. The van der Waals surface area contributed by atoms with Gasteiger partial charge in [0.25, 0.3) is 10.0 Å². The topological polar surface area (TPSA) is 66.5 Å². The Labute approximate surface area is 201 Å². The molecule has 0 aliphatic heterocycles. The van der Waals surface area contributed by atoms with Gasteiger partial charge in [0.05, 0.1) is 10.6 Å². The zero-order valence-electron chi connectivity index (χ0n) is 19.0. The van der Waals surface area contributed by atoms with E-state index in [1.165, 1.54) is 9.87 Å². The van der Waals surface area contributed by atoms with E-state index in [1.54, 1.807) is 42.5 Å². The van der Waals surface area contributed by atoms with Gasteiger partial charge in [-0.15, -0.1) is 0 Å². The van der Waals surface area contributed by atoms with Crippen LogP contribution in [-0.2, 0) is 20.6 Å². The van der Waals surface area contributed by atoms with Gasteiger partial charge in [0.1, 0.15) is 6.54 Å². The molecule has 0 saturated heterocycles. The molecule has 3 rings (SSSR count). The van der Waals surface area contributed by atoms with Crippen LogP contribution in [0, 0.1) is 13.8 Å². The summed E-state index contributed by atoms with van der Waals surface area (Å²) in [5.41, 5.74) is 3.65. The Kier molecular flexibility index (Phi) is 8.97. The minimum absolute atomic E-state index is 0.166. The van der Waals surface area contributed by atoms with E-state index in [9.17, 15) is 13.2 Å². The maximum Gasteiger partial charge on any atom is 0.264 e. The van der Waals surface area contributed by atoms with Crippen LogP contribution in [0.4, 0.5) is 5.69 Å². The molecule has 0 bridgehead atoms. The number of aryl methyl sites for hydroxylation is 2. The molecule has 7 heteroatoms. The van der Waals surface area contributed by atoms with Gasteiger partial charge in [-0.25, -0.2) is 8.42 Å². The molecular weight excluding hydrogens is 452 g/mol. The second kappa shape index (κ2) is 11.9. The first-order chi connectivity index (χ1) is 15.9. The summed E-state index contributed by atoms with van der Waals surface area (Å²) in [4.78, 5) is 12.8. The number of amides is 1. The van der Waals surface area contributed by atoms with Crippen molar-refractivity contribution in [2.45, 2.75) is 30.9 Å². The number of sulfonamides is 1. The number of carbonyl (C=O) groups excluding carboxylic acids is 1. The lowest BCUT2D eigenvalue weighted by Gasteiger charge is -2.24. The van der Waals surface area contributed by atoms with Crippen molar-refractivity contribution in [1.82, 2.24) is 5.32 Å². The van der Waals surface area contributed by atoms with Gasteiger partial charge >= 0.3 is 0 Å². The van der Waals surface area contributed by atoms with Crippen molar-refractivity contribution in [3.8, 4) is 0 Å². The van der Waals surface area contributed by atoms with Gasteiger partial charge in [0.15, 0.2) is 0 Å².